The molecule has 4 heterocycles. The van der Waals surface area contributed by atoms with E-state index in [4.69, 9.17) is 4.74 Å². The van der Waals surface area contributed by atoms with Crippen LogP contribution in [0.3, 0.4) is 0 Å². The van der Waals surface area contributed by atoms with Crippen molar-refractivity contribution in [1.82, 2.24) is 41.3 Å². The second-order valence-corrected chi connectivity index (χ2v) is 15.1. The van der Waals surface area contributed by atoms with Gasteiger partial charge in [0.1, 0.15) is 12.3 Å². The zero-order valence-corrected chi connectivity index (χ0v) is 25.0. The summed E-state index contributed by atoms with van der Waals surface area (Å²) in [6, 6.07) is -1.54. The first-order valence-electron chi connectivity index (χ1n) is 15.2. The van der Waals surface area contributed by atoms with Crippen molar-refractivity contribution in [3.63, 3.8) is 0 Å². The molecule has 6 fully saturated rings. The van der Waals surface area contributed by atoms with Crippen LogP contribution in [-0.4, -0.2) is 113 Å². The summed E-state index contributed by atoms with van der Waals surface area (Å²) >= 11 is 0. The van der Waals surface area contributed by atoms with Gasteiger partial charge in [0.2, 0.25) is 10.0 Å². The summed E-state index contributed by atoms with van der Waals surface area (Å²) in [6.07, 6.45) is 3.14. The van der Waals surface area contributed by atoms with Crippen molar-refractivity contribution >= 4 is 10.0 Å². The maximum absolute atomic E-state index is 13.3. The van der Waals surface area contributed by atoms with Crippen molar-refractivity contribution in [3.05, 3.63) is 0 Å². The molecule has 6 N–H and O–H groups in total. The van der Waals surface area contributed by atoms with Gasteiger partial charge in [0.25, 0.3) is 0 Å². The van der Waals surface area contributed by atoms with Gasteiger partial charge in [0.15, 0.2) is 0 Å². The Balaban J connectivity index is 1.12. The van der Waals surface area contributed by atoms with Crippen molar-refractivity contribution in [2.45, 2.75) is 99.9 Å². The van der Waals surface area contributed by atoms with E-state index in [-0.39, 0.29) is 55.1 Å². The second kappa shape index (κ2) is 11.7. The van der Waals surface area contributed by atoms with Crippen molar-refractivity contribution in [2.24, 2.45) is 23.7 Å². The number of hydrogen-bond donors (Lipinski definition) is 6. The number of nitrogens with zero attached hydrogens (tertiary/aromatic N) is 2. The summed E-state index contributed by atoms with van der Waals surface area (Å²) < 4.78 is 73.1. The molecule has 9 unspecified atom stereocenters. The van der Waals surface area contributed by atoms with Crippen LogP contribution in [0.5, 0.6) is 0 Å². The van der Waals surface area contributed by atoms with Crippen LogP contribution in [0.4, 0.5) is 13.2 Å². The summed E-state index contributed by atoms with van der Waals surface area (Å²) in [7, 11) is -0.00445. The highest BCUT2D eigenvalue weighted by molar-refractivity contribution is 7.88. The van der Waals surface area contributed by atoms with E-state index in [1.54, 1.807) is 19.1 Å². The van der Waals surface area contributed by atoms with Crippen LogP contribution in [0.15, 0.2) is 0 Å². The molecule has 2 aliphatic carbocycles. The Bertz CT molecular complexity index is 1030. The average Bonchev–Trinajstić information content (AvgIpc) is 3.60. The number of rotatable bonds is 7. The molecule has 0 radical (unpaired) electrons. The Hall–Kier alpha value is -0.620. The molecular formula is C26H47F3N8O3S. The lowest BCUT2D eigenvalue weighted by atomic mass is 9.76. The van der Waals surface area contributed by atoms with E-state index in [1.807, 2.05) is 0 Å². The Morgan fingerprint density at radius 3 is 2.27 bits per heavy atom. The van der Waals surface area contributed by atoms with E-state index >= 15 is 0 Å². The van der Waals surface area contributed by atoms with E-state index in [0.717, 1.165) is 25.7 Å². The first-order chi connectivity index (χ1) is 19.4. The molecule has 0 aromatic rings. The van der Waals surface area contributed by atoms with Crippen LogP contribution in [0.1, 0.15) is 44.9 Å². The van der Waals surface area contributed by atoms with Crippen LogP contribution in [-0.2, 0) is 14.8 Å². The minimum absolute atomic E-state index is 0.0212. The predicted molar refractivity (Wildman–Crippen MR) is 148 cm³/mol. The average molecular weight is 609 g/mol. The summed E-state index contributed by atoms with van der Waals surface area (Å²) in [5.41, 5.74) is 3.28. The van der Waals surface area contributed by atoms with Crippen LogP contribution in [0, 0.1) is 23.7 Å². The number of sulfonamides is 1. The molecule has 6 aliphatic rings. The van der Waals surface area contributed by atoms with Crippen LogP contribution < -0.4 is 32.0 Å². The Morgan fingerprint density at radius 1 is 0.951 bits per heavy atom. The lowest BCUT2D eigenvalue weighted by Gasteiger charge is -2.47. The van der Waals surface area contributed by atoms with Gasteiger partial charge in [-0.3, -0.25) is 26.2 Å². The molecule has 9 atom stereocenters. The highest BCUT2D eigenvalue weighted by Gasteiger charge is 2.53. The minimum atomic E-state index is -4.24. The van der Waals surface area contributed by atoms with Gasteiger partial charge in [0, 0.05) is 44.9 Å². The lowest BCUT2D eigenvalue weighted by Crippen LogP contribution is -2.72. The van der Waals surface area contributed by atoms with E-state index in [0.29, 0.717) is 37.5 Å². The second-order valence-electron chi connectivity index (χ2n) is 13.3. The number of fused-ring (bicyclic) bond motifs is 1. The van der Waals surface area contributed by atoms with Crippen molar-refractivity contribution in [3.8, 4) is 0 Å². The van der Waals surface area contributed by atoms with Gasteiger partial charge in [-0.2, -0.15) is 13.2 Å². The summed E-state index contributed by atoms with van der Waals surface area (Å²) in [5.74, 6) is 1.23. The number of hydrogen-bond acceptors (Lipinski definition) is 10. The lowest BCUT2D eigenvalue weighted by molar-refractivity contribution is -0.150. The molecule has 4 aliphatic heterocycles. The summed E-state index contributed by atoms with van der Waals surface area (Å²) in [5, 5.41) is 17.4. The number of methoxy groups -OCH3 is 1. The molecule has 41 heavy (non-hydrogen) atoms. The van der Waals surface area contributed by atoms with Crippen LogP contribution in [0.25, 0.3) is 0 Å². The van der Waals surface area contributed by atoms with Crippen molar-refractivity contribution < 1.29 is 26.3 Å². The normalized spacial score (nSPS) is 45.2. The largest absolute Gasteiger partial charge is 0.405 e. The van der Waals surface area contributed by atoms with E-state index < -0.39 is 22.2 Å². The number of alkyl halides is 3. The van der Waals surface area contributed by atoms with Gasteiger partial charge in [-0.15, -0.1) is 4.41 Å². The fraction of sp³-hybridized carbons (Fsp3) is 1.00. The van der Waals surface area contributed by atoms with E-state index in [1.165, 1.54) is 23.5 Å². The molecule has 0 aromatic carbocycles. The molecule has 15 heteroatoms. The number of hydrazine groups is 1. The first-order valence-corrected chi connectivity index (χ1v) is 17.1. The number of nitrogens with one attached hydrogen (secondary N) is 6. The smallest absolute Gasteiger partial charge is 0.366 e. The molecule has 11 nitrogen and oxygen atoms in total. The quantitative estimate of drug-likeness (QED) is 0.234. The number of likely N-dealkylation sites (N-methyl/N-ethyl adjacent to an activating group) is 1. The summed E-state index contributed by atoms with van der Waals surface area (Å²) in [6.45, 7) is 1.32. The maximum Gasteiger partial charge on any atom is 0.405 e. The van der Waals surface area contributed by atoms with Crippen LogP contribution >= 0.6 is 0 Å². The molecule has 0 amide bonds. The predicted octanol–water partition coefficient (Wildman–Crippen LogP) is -0.103. The Labute approximate surface area is 241 Å². The standard InChI is InChI=1S/C26H47F3N8O3S/c1-36-12-19(26(27,28)29)33-24(36)16-6-4-14(5-7-16)10-18-22-17(35-37(18)41(3,38)39)11-30-23(34-22)20-21(15-8-9-15)31-13-32-25(20)40-2/h14-25,30-35H,4-13H2,1-3H3. The highest BCUT2D eigenvalue weighted by Crippen LogP contribution is 2.41. The van der Waals surface area contributed by atoms with E-state index in [2.05, 4.69) is 32.0 Å². The van der Waals surface area contributed by atoms with Gasteiger partial charge in [-0.25, -0.2) is 13.8 Å². The fourth-order valence-electron chi connectivity index (χ4n) is 8.36. The highest BCUT2D eigenvalue weighted by atomic mass is 32.2. The van der Waals surface area contributed by atoms with Gasteiger partial charge in [-0.05, 0) is 56.9 Å². The molecule has 4 saturated heterocycles. The Morgan fingerprint density at radius 2 is 1.66 bits per heavy atom. The number of halogens is 3. The molecule has 0 bridgehead atoms. The Kier molecular flexibility index (Phi) is 8.69. The third kappa shape index (κ3) is 6.31. The molecule has 236 valence electrons. The molecule has 2 saturated carbocycles. The van der Waals surface area contributed by atoms with Gasteiger partial charge >= 0.3 is 6.18 Å². The van der Waals surface area contributed by atoms with Gasteiger partial charge < -0.3 is 10.1 Å². The monoisotopic (exact) mass is 608 g/mol. The molecule has 0 spiro atoms. The van der Waals surface area contributed by atoms with Crippen LogP contribution in [0.2, 0.25) is 0 Å². The molecule has 0 aromatic heterocycles. The van der Waals surface area contributed by atoms with Gasteiger partial charge in [-0.1, -0.05) is 12.8 Å². The summed E-state index contributed by atoms with van der Waals surface area (Å²) in [4.78, 5) is 1.80. The zero-order valence-electron chi connectivity index (χ0n) is 24.2. The minimum Gasteiger partial charge on any atom is -0.366 e. The third-order valence-electron chi connectivity index (χ3n) is 10.5. The maximum atomic E-state index is 13.3. The number of ether oxygens (including phenoxy) is 1. The molecular weight excluding hydrogens is 561 g/mol. The van der Waals surface area contributed by atoms with E-state index in [9.17, 15) is 21.6 Å². The third-order valence-corrected chi connectivity index (χ3v) is 11.6. The SMILES string of the molecule is COC1NCNC(C2CC2)C1C1NCC2NN(S(C)(=O)=O)C(CC3CCC(C4NC(C(F)(F)F)CN4C)CC3)C2N1. The first kappa shape index (κ1) is 30.4. The zero-order chi connectivity index (χ0) is 29.1. The van der Waals surface area contributed by atoms with Gasteiger partial charge in [0.05, 0.1) is 30.7 Å². The molecule has 6 rings (SSSR count). The fourth-order valence-corrected chi connectivity index (χ4v) is 9.40. The van der Waals surface area contributed by atoms with Crippen molar-refractivity contribution in [1.29, 1.82) is 0 Å². The topological polar surface area (TPSA) is 122 Å². The van der Waals surface area contributed by atoms with Crippen molar-refractivity contribution in [2.75, 3.05) is 40.2 Å².